The molecule has 0 saturated carbocycles. The molecule has 1 aromatic carbocycles. The Morgan fingerprint density at radius 1 is 1.25 bits per heavy atom. The smallest absolute Gasteiger partial charge is 0.153 e. The van der Waals surface area contributed by atoms with E-state index in [4.69, 9.17) is 4.42 Å². The van der Waals surface area contributed by atoms with Gasteiger partial charge in [-0.3, -0.25) is 4.79 Å². The monoisotopic (exact) mass is 266 g/mol. The SMILES string of the molecule is Cc1ccc(-n2cc(C=O)c(-c3ccoc3)n2)c(C)c1. The lowest BCUT2D eigenvalue weighted by molar-refractivity contribution is 0.112. The summed E-state index contributed by atoms with van der Waals surface area (Å²) < 4.78 is 6.79. The Labute approximate surface area is 116 Å². The summed E-state index contributed by atoms with van der Waals surface area (Å²) in [6.45, 7) is 4.08. The van der Waals surface area contributed by atoms with Crippen molar-refractivity contribution < 1.29 is 9.21 Å². The van der Waals surface area contributed by atoms with Crippen molar-refractivity contribution in [2.24, 2.45) is 0 Å². The maximum absolute atomic E-state index is 11.2. The van der Waals surface area contributed by atoms with Gasteiger partial charge < -0.3 is 4.42 Å². The molecular weight excluding hydrogens is 252 g/mol. The maximum Gasteiger partial charge on any atom is 0.153 e. The first-order valence-electron chi connectivity index (χ1n) is 6.34. The second-order valence-electron chi connectivity index (χ2n) is 4.80. The molecule has 100 valence electrons. The Hall–Kier alpha value is -2.62. The Kier molecular flexibility index (Phi) is 2.99. The number of furan rings is 1. The molecule has 2 aromatic heterocycles. The van der Waals surface area contributed by atoms with Crippen LogP contribution in [0.3, 0.4) is 0 Å². The first-order valence-corrected chi connectivity index (χ1v) is 6.34. The van der Waals surface area contributed by atoms with Crippen molar-refractivity contribution in [3.8, 4) is 16.9 Å². The van der Waals surface area contributed by atoms with Crippen LogP contribution < -0.4 is 0 Å². The molecule has 0 amide bonds. The number of hydrogen-bond acceptors (Lipinski definition) is 3. The van der Waals surface area contributed by atoms with E-state index in [1.165, 1.54) is 5.56 Å². The molecule has 3 rings (SSSR count). The fourth-order valence-corrected chi connectivity index (χ4v) is 2.28. The molecule has 0 unspecified atom stereocenters. The van der Waals surface area contributed by atoms with Gasteiger partial charge in [0.2, 0.25) is 0 Å². The van der Waals surface area contributed by atoms with Gasteiger partial charge in [0, 0.05) is 11.8 Å². The molecule has 0 aliphatic heterocycles. The predicted octanol–water partition coefficient (Wildman–Crippen LogP) is 3.56. The summed E-state index contributed by atoms with van der Waals surface area (Å²) >= 11 is 0. The Bertz CT molecular complexity index is 755. The van der Waals surface area contributed by atoms with Crippen molar-refractivity contribution in [3.05, 3.63) is 59.7 Å². The predicted molar refractivity (Wildman–Crippen MR) is 76.1 cm³/mol. The third-order valence-electron chi connectivity index (χ3n) is 3.26. The van der Waals surface area contributed by atoms with Gasteiger partial charge in [0.1, 0.15) is 5.69 Å². The quantitative estimate of drug-likeness (QED) is 0.681. The van der Waals surface area contributed by atoms with Crippen LogP contribution >= 0.6 is 0 Å². The van der Waals surface area contributed by atoms with E-state index in [1.807, 2.05) is 26.0 Å². The van der Waals surface area contributed by atoms with Crippen LogP contribution in [0.15, 0.2) is 47.4 Å². The van der Waals surface area contributed by atoms with E-state index >= 15 is 0 Å². The Balaban J connectivity index is 2.14. The standard InChI is InChI=1S/C16H14N2O2/c1-11-3-4-15(12(2)7-11)18-8-14(9-19)16(17-18)13-5-6-20-10-13/h3-10H,1-2H3. The second kappa shape index (κ2) is 4.81. The molecule has 0 aliphatic rings. The van der Waals surface area contributed by atoms with Crippen LogP contribution in [0, 0.1) is 13.8 Å². The number of rotatable bonds is 3. The highest BCUT2D eigenvalue weighted by Crippen LogP contribution is 2.24. The van der Waals surface area contributed by atoms with Crippen molar-refractivity contribution in [1.82, 2.24) is 9.78 Å². The number of hydrogen-bond donors (Lipinski definition) is 0. The van der Waals surface area contributed by atoms with Crippen LogP contribution in [0.4, 0.5) is 0 Å². The largest absolute Gasteiger partial charge is 0.472 e. The highest BCUT2D eigenvalue weighted by Gasteiger charge is 2.13. The number of benzene rings is 1. The molecule has 0 aliphatic carbocycles. The highest BCUT2D eigenvalue weighted by atomic mass is 16.3. The van der Waals surface area contributed by atoms with Crippen LogP contribution in [-0.4, -0.2) is 16.1 Å². The second-order valence-corrected chi connectivity index (χ2v) is 4.80. The zero-order valence-corrected chi connectivity index (χ0v) is 11.3. The average Bonchev–Trinajstić information content (AvgIpc) is 3.07. The Morgan fingerprint density at radius 2 is 2.10 bits per heavy atom. The molecule has 0 bridgehead atoms. The highest BCUT2D eigenvalue weighted by molar-refractivity contribution is 5.85. The normalized spacial score (nSPS) is 10.7. The number of aromatic nitrogens is 2. The number of carbonyl (C=O) groups excluding carboxylic acids is 1. The molecule has 20 heavy (non-hydrogen) atoms. The van der Waals surface area contributed by atoms with Gasteiger partial charge in [-0.2, -0.15) is 5.10 Å². The Morgan fingerprint density at radius 3 is 2.75 bits per heavy atom. The number of aryl methyl sites for hydroxylation is 2. The van der Waals surface area contributed by atoms with Gasteiger partial charge in [-0.25, -0.2) is 4.68 Å². The van der Waals surface area contributed by atoms with Crippen molar-refractivity contribution in [1.29, 1.82) is 0 Å². The molecule has 2 heterocycles. The lowest BCUT2D eigenvalue weighted by Crippen LogP contribution is -1.98. The van der Waals surface area contributed by atoms with Crippen molar-refractivity contribution in [2.45, 2.75) is 13.8 Å². The minimum atomic E-state index is 0.548. The summed E-state index contributed by atoms with van der Waals surface area (Å²) in [6.07, 6.45) is 5.71. The molecule has 0 N–H and O–H groups in total. The number of aldehydes is 1. The molecule has 0 saturated heterocycles. The summed E-state index contributed by atoms with van der Waals surface area (Å²) in [5.41, 5.74) is 5.26. The molecule has 0 fully saturated rings. The molecular formula is C16H14N2O2. The first kappa shape index (κ1) is 12.4. The first-order chi connectivity index (χ1) is 9.69. The van der Waals surface area contributed by atoms with E-state index in [-0.39, 0.29) is 0 Å². The summed E-state index contributed by atoms with van der Waals surface area (Å²) in [7, 11) is 0. The fraction of sp³-hybridized carbons (Fsp3) is 0.125. The van der Waals surface area contributed by atoms with Gasteiger partial charge in [0.05, 0.1) is 23.8 Å². The summed E-state index contributed by atoms with van der Waals surface area (Å²) in [4.78, 5) is 11.2. The van der Waals surface area contributed by atoms with E-state index in [2.05, 4.69) is 11.2 Å². The van der Waals surface area contributed by atoms with Crippen LogP contribution in [-0.2, 0) is 0 Å². The van der Waals surface area contributed by atoms with Crippen LogP contribution in [0.5, 0.6) is 0 Å². The molecule has 3 aromatic rings. The molecule has 0 spiro atoms. The zero-order valence-electron chi connectivity index (χ0n) is 11.3. The minimum absolute atomic E-state index is 0.548. The minimum Gasteiger partial charge on any atom is -0.472 e. The van der Waals surface area contributed by atoms with Gasteiger partial charge in [0.25, 0.3) is 0 Å². The van der Waals surface area contributed by atoms with E-state index in [0.29, 0.717) is 11.3 Å². The summed E-state index contributed by atoms with van der Waals surface area (Å²) in [5.74, 6) is 0. The van der Waals surface area contributed by atoms with Gasteiger partial charge in [-0.15, -0.1) is 0 Å². The molecule has 0 radical (unpaired) electrons. The van der Waals surface area contributed by atoms with Crippen molar-refractivity contribution in [3.63, 3.8) is 0 Å². The summed E-state index contributed by atoms with van der Waals surface area (Å²) in [6, 6.07) is 7.92. The third kappa shape index (κ3) is 2.05. The van der Waals surface area contributed by atoms with Crippen LogP contribution in [0.25, 0.3) is 16.9 Å². The lowest BCUT2D eigenvalue weighted by Gasteiger charge is -2.06. The topological polar surface area (TPSA) is 48.0 Å². The van der Waals surface area contributed by atoms with E-state index in [0.717, 1.165) is 23.1 Å². The lowest BCUT2D eigenvalue weighted by atomic mass is 10.1. The van der Waals surface area contributed by atoms with Crippen molar-refractivity contribution in [2.75, 3.05) is 0 Å². The number of nitrogens with zero attached hydrogens (tertiary/aromatic N) is 2. The fourth-order valence-electron chi connectivity index (χ4n) is 2.28. The average molecular weight is 266 g/mol. The van der Waals surface area contributed by atoms with E-state index in [9.17, 15) is 4.79 Å². The third-order valence-corrected chi connectivity index (χ3v) is 3.26. The summed E-state index contributed by atoms with van der Waals surface area (Å²) in [5, 5.41) is 4.51. The van der Waals surface area contributed by atoms with Gasteiger partial charge in [0.15, 0.2) is 6.29 Å². The molecule has 4 heteroatoms. The van der Waals surface area contributed by atoms with E-state index < -0.39 is 0 Å². The molecule has 4 nitrogen and oxygen atoms in total. The van der Waals surface area contributed by atoms with E-state index in [1.54, 1.807) is 29.5 Å². The number of carbonyl (C=O) groups is 1. The maximum atomic E-state index is 11.2. The zero-order chi connectivity index (χ0) is 14.1. The van der Waals surface area contributed by atoms with Gasteiger partial charge >= 0.3 is 0 Å². The van der Waals surface area contributed by atoms with Gasteiger partial charge in [-0.05, 0) is 31.5 Å². The van der Waals surface area contributed by atoms with Gasteiger partial charge in [-0.1, -0.05) is 17.7 Å². The van der Waals surface area contributed by atoms with Crippen LogP contribution in [0.1, 0.15) is 21.5 Å². The molecule has 0 atom stereocenters. The van der Waals surface area contributed by atoms with Crippen molar-refractivity contribution >= 4 is 6.29 Å². The van der Waals surface area contributed by atoms with Crippen LogP contribution in [0.2, 0.25) is 0 Å².